The second-order valence-corrected chi connectivity index (χ2v) is 7.90. The number of hydrogen-bond acceptors (Lipinski definition) is 5. The minimum atomic E-state index is -0.439. The lowest BCUT2D eigenvalue weighted by molar-refractivity contribution is -0.131. The Bertz CT molecular complexity index is 729. The number of halogens is 1. The molecule has 0 saturated carbocycles. The molecule has 0 aromatic heterocycles. The van der Waals surface area contributed by atoms with Crippen molar-refractivity contribution < 1.29 is 18.7 Å². The van der Waals surface area contributed by atoms with E-state index in [9.17, 15) is 9.18 Å². The second kappa shape index (κ2) is 7.28. The van der Waals surface area contributed by atoms with Crippen LogP contribution in [0.15, 0.2) is 12.1 Å². The van der Waals surface area contributed by atoms with Crippen molar-refractivity contribution in [2.75, 3.05) is 40.5 Å². The van der Waals surface area contributed by atoms with Gasteiger partial charge in [0, 0.05) is 44.1 Å². The zero-order valence-electron chi connectivity index (χ0n) is 16.0. The van der Waals surface area contributed by atoms with E-state index >= 15 is 0 Å². The van der Waals surface area contributed by atoms with Crippen molar-refractivity contribution >= 4 is 5.91 Å². The summed E-state index contributed by atoms with van der Waals surface area (Å²) in [6, 6.07) is 4.20. The largest absolute Gasteiger partial charge is 0.493 e. The van der Waals surface area contributed by atoms with Gasteiger partial charge in [0.1, 0.15) is 0 Å². The summed E-state index contributed by atoms with van der Waals surface area (Å²) in [4.78, 5) is 16.6. The van der Waals surface area contributed by atoms with E-state index in [2.05, 4.69) is 17.0 Å². The van der Waals surface area contributed by atoms with Crippen molar-refractivity contribution in [1.29, 1.82) is 0 Å². The van der Waals surface area contributed by atoms with Crippen LogP contribution in [0.4, 0.5) is 4.39 Å². The number of nitrogens with zero attached hydrogens (tertiary/aromatic N) is 2. The van der Waals surface area contributed by atoms with E-state index in [1.807, 2.05) is 4.90 Å². The predicted molar refractivity (Wildman–Crippen MR) is 99.7 cm³/mol. The molecular weight excluding hydrogens is 349 g/mol. The molecule has 0 aliphatic carbocycles. The van der Waals surface area contributed by atoms with E-state index < -0.39 is 6.67 Å². The number of rotatable bonds is 4. The average molecular weight is 377 g/mol. The van der Waals surface area contributed by atoms with Crippen molar-refractivity contribution in [3.05, 3.63) is 23.3 Å². The number of piperidine rings is 1. The Morgan fingerprint density at radius 1 is 1.22 bits per heavy atom. The molecule has 4 atom stereocenters. The minimum absolute atomic E-state index is 0.0352. The molecule has 4 rings (SSSR count). The van der Waals surface area contributed by atoms with Crippen LogP contribution in [0.3, 0.4) is 0 Å². The van der Waals surface area contributed by atoms with Gasteiger partial charge in [-0.05, 0) is 36.1 Å². The third-order valence-corrected chi connectivity index (χ3v) is 6.38. The molecule has 0 radical (unpaired) electrons. The molecule has 2 N–H and O–H groups in total. The smallest absolute Gasteiger partial charge is 0.223 e. The van der Waals surface area contributed by atoms with Crippen molar-refractivity contribution in [1.82, 2.24) is 9.80 Å². The topological polar surface area (TPSA) is 68.0 Å². The van der Waals surface area contributed by atoms with Gasteiger partial charge in [-0.15, -0.1) is 0 Å². The van der Waals surface area contributed by atoms with E-state index in [0.717, 1.165) is 37.4 Å². The maximum atomic E-state index is 13.0. The summed E-state index contributed by atoms with van der Waals surface area (Å²) < 4.78 is 24.0. The summed E-state index contributed by atoms with van der Waals surface area (Å²) in [5.74, 6) is 1.35. The maximum absolute atomic E-state index is 13.0. The van der Waals surface area contributed by atoms with Gasteiger partial charge in [-0.3, -0.25) is 14.1 Å². The highest BCUT2D eigenvalue weighted by atomic mass is 19.1. The van der Waals surface area contributed by atoms with Gasteiger partial charge in [0.15, 0.2) is 11.5 Å². The number of amides is 1. The summed E-state index contributed by atoms with van der Waals surface area (Å²) in [6.45, 7) is 1.72. The number of hydrogen-bond donors (Lipinski definition) is 1. The third-order valence-electron chi connectivity index (χ3n) is 6.38. The lowest BCUT2D eigenvalue weighted by Gasteiger charge is -2.48. The van der Waals surface area contributed by atoms with Gasteiger partial charge in [-0.2, -0.15) is 0 Å². The number of carbonyl (C=O) groups excluding carboxylic acids is 1. The Labute approximate surface area is 159 Å². The first-order valence-corrected chi connectivity index (χ1v) is 9.65. The van der Waals surface area contributed by atoms with Crippen LogP contribution < -0.4 is 15.2 Å². The summed E-state index contributed by atoms with van der Waals surface area (Å²) in [7, 11) is 3.30. The SMILES string of the molecule is COc1cc2c(cc1OC)[C@@H]1C[C@H](N)[C@@H](N3CC(CF)CC3=O)CN1CC2. The quantitative estimate of drug-likeness (QED) is 0.862. The van der Waals surface area contributed by atoms with Gasteiger partial charge in [0.2, 0.25) is 5.91 Å². The van der Waals surface area contributed by atoms with Crippen LogP contribution in [0.5, 0.6) is 11.5 Å². The summed E-state index contributed by atoms with van der Waals surface area (Å²) in [5.41, 5.74) is 9.04. The lowest BCUT2D eigenvalue weighted by atomic mass is 9.83. The number of fused-ring (bicyclic) bond motifs is 3. The lowest BCUT2D eigenvalue weighted by Crippen LogP contribution is -2.60. The fourth-order valence-electron chi connectivity index (χ4n) is 4.93. The van der Waals surface area contributed by atoms with Crippen molar-refractivity contribution in [3.63, 3.8) is 0 Å². The number of nitrogens with two attached hydrogens (primary N) is 1. The fourth-order valence-corrected chi connectivity index (χ4v) is 4.93. The molecule has 6 nitrogen and oxygen atoms in total. The summed E-state index contributed by atoms with van der Waals surface area (Å²) in [5, 5.41) is 0. The van der Waals surface area contributed by atoms with Crippen LogP contribution in [0.2, 0.25) is 0 Å². The van der Waals surface area contributed by atoms with Crippen LogP contribution in [0.1, 0.15) is 30.0 Å². The number of likely N-dealkylation sites (tertiary alicyclic amines) is 1. The standard InChI is InChI=1S/C20H28FN3O3/c1-26-18-6-13-3-4-23-11-17(24-10-12(9-21)5-20(24)25)15(22)8-16(23)14(13)7-19(18)27-2/h6-7,12,15-17H,3-5,8-11,22H2,1-2H3/t12?,15-,16-,17-/m0/s1. The highest BCUT2D eigenvalue weighted by molar-refractivity contribution is 5.79. The van der Waals surface area contributed by atoms with E-state index in [0.29, 0.717) is 13.0 Å². The van der Waals surface area contributed by atoms with Gasteiger partial charge in [-0.25, -0.2) is 0 Å². The highest BCUT2D eigenvalue weighted by Gasteiger charge is 2.44. The van der Waals surface area contributed by atoms with E-state index in [1.165, 1.54) is 11.1 Å². The molecule has 3 heterocycles. The first-order chi connectivity index (χ1) is 13.0. The van der Waals surface area contributed by atoms with Crippen LogP contribution in [-0.4, -0.2) is 68.3 Å². The number of carbonyl (C=O) groups is 1. The molecule has 3 aliphatic heterocycles. The monoisotopic (exact) mass is 377 g/mol. The number of methoxy groups -OCH3 is 2. The zero-order chi connectivity index (χ0) is 19.1. The first kappa shape index (κ1) is 18.5. The minimum Gasteiger partial charge on any atom is -0.493 e. The normalized spacial score (nSPS) is 30.8. The van der Waals surface area contributed by atoms with Gasteiger partial charge >= 0.3 is 0 Å². The molecule has 148 valence electrons. The van der Waals surface area contributed by atoms with Crippen molar-refractivity contribution in [2.45, 2.75) is 37.4 Å². The molecule has 2 fully saturated rings. The maximum Gasteiger partial charge on any atom is 0.223 e. The van der Waals surface area contributed by atoms with Crippen molar-refractivity contribution in [3.8, 4) is 11.5 Å². The molecule has 0 bridgehead atoms. The predicted octanol–water partition coefficient (Wildman–Crippen LogP) is 1.52. The Morgan fingerprint density at radius 3 is 2.63 bits per heavy atom. The zero-order valence-corrected chi connectivity index (χ0v) is 16.0. The highest BCUT2D eigenvalue weighted by Crippen LogP contribution is 2.42. The summed E-state index contributed by atoms with van der Waals surface area (Å²) in [6.07, 6.45) is 2.01. The second-order valence-electron chi connectivity index (χ2n) is 7.90. The van der Waals surface area contributed by atoms with Crippen LogP contribution in [0.25, 0.3) is 0 Å². The van der Waals surface area contributed by atoms with Gasteiger partial charge in [0.05, 0.1) is 26.9 Å². The van der Waals surface area contributed by atoms with Crippen LogP contribution >= 0.6 is 0 Å². The Morgan fingerprint density at radius 2 is 1.96 bits per heavy atom. The molecular formula is C20H28FN3O3. The molecule has 2 saturated heterocycles. The number of benzene rings is 1. The molecule has 27 heavy (non-hydrogen) atoms. The molecule has 1 unspecified atom stereocenters. The number of ether oxygens (including phenoxy) is 2. The third kappa shape index (κ3) is 3.17. The molecule has 1 aromatic rings. The molecule has 1 amide bonds. The fraction of sp³-hybridized carbons (Fsp3) is 0.650. The van der Waals surface area contributed by atoms with E-state index in [4.69, 9.17) is 15.2 Å². The van der Waals surface area contributed by atoms with Crippen LogP contribution in [0, 0.1) is 5.92 Å². The molecule has 1 aromatic carbocycles. The summed E-state index contributed by atoms with van der Waals surface area (Å²) >= 11 is 0. The van der Waals surface area contributed by atoms with Gasteiger partial charge in [-0.1, -0.05) is 0 Å². The molecule has 7 heteroatoms. The average Bonchev–Trinajstić information content (AvgIpc) is 3.06. The number of alkyl halides is 1. The Kier molecular flexibility index (Phi) is 4.99. The molecule has 3 aliphatic rings. The van der Waals surface area contributed by atoms with E-state index in [-0.39, 0.29) is 30.0 Å². The van der Waals surface area contributed by atoms with Crippen LogP contribution in [-0.2, 0) is 11.2 Å². The Balaban J connectivity index is 1.57. The van der Waals surface area contributed by atoms with Gasteiger partial charge in [0.25, 0.3) is 0 Å². The van der Waals surface area contributed by atoms with E-state index in [1.54, 1.807) is 14.2 Å². The first-order valence-electron chi connectivity index (χ1n) is 9.65. The Hall–Kier alpha value is -1.86. The molecule has 0 spiro atoms. The van der Waals surface area contributed by atoms with Crippen molar-refractivity contribution in [2.24, 2.45) is 11.7 Å². The van der Waals surface area contributed by atoms with Gasteiger partial charge < -0.3 is 20.1 Å².